The quantitative estimate of drug-likeness (QED) is 0.0647. The second-order valence-corrected chi connectivity index (χ2v) is 31.3. The van der Waals surface area contributed by atoms with Crippen LogP contribution in [0.2, 0.25) is 54.4 Å². The van der Waals surface area contributed by atoms with Gasteiger partial charge in [-0.1, -0.05) is 87.6 Å². The van der Waals surface area contributed by atoms with Crippen LogP contribution in [0.4, 0.5) is 0 Å². The zero-order valence-electron chi connectivity index (χ0n) is 29.3. The molecule has 1 aliphatic heterocycles. The Balaban J connectivity index is 3.83. The topological polar surface area (TPSA) is 84.8 Å². The zero-order chi connectivity index (χ0) is 32.2. The van der Waals surface area contributed by atoms with E-state index < -0.39 is 55.7 Å². The van der Waals surface area contributed by atoms with Gasteiger partial charge in [0, 0.05) is 12.0 Å². The summed E-state index contributed by atoms with van der Waals surface area (Å²) in [6, 6.07) is 0. The highest BCUT2D eigenvalue weighted by atomic mass is 32.2. The fourth-order valence-electron chi connectivity index (χ4n) is 3.59. The van der Waals surface area contributed by atoms with E-state index in [4.69, 9.17) is 32.3 Å². The molecule has 246 valence electrons. The Kier molecular flexibility index (Phi) is 14.4. The van der Waals surface area contributed by atoms with Crippen molar-refractivity contribution in [2.45, 2.75) is 168 Å². The molecule has 0 saturated carbocycles. The molecule has 0 radical (unpaired) electrons. The highest BCUT2D eigenvalue weighted by molar-refractivity contribution is 7.94. The molecular weight excluding hydrogens is 593 g/mol. The molecule has 0 aromatic rings. The number of hydrogen-bond donors (Lipinski definition) is 1. The second kappa shape index (κ2) is 14.8. The highest BCUT2D eigenvalue weighted by Gasteiger charge is 2.56. The SMILES string of the molecule is CCC(C)COC1OC(CSOOO)C(O[Si](C)(C)C(C)(C)C)C(O[Si](C)(C)C(C)(C)C)C1O[Si](C)(C)C(C)(C)C. The second-order valence-electron chi connectivity index (χ2n) is 16.3. The first-order valence-corrected chi connectivity index (χ1v) is 24.8. The van der Waals surface area contributed by atoms with Crippen molar-refractivity contribution in [2.75, 3.05) is 12.4 Å². The molecule has 6 atom stereocenters. The van der Waals surface area contributed by atoms with Gasteiger partial charge in [-0.2, -0.15) is 0 Å². The Labute approximate surface area is 259 Å². The molecule has 0 aliphatic carbocycles. The minimum atomic E-state index is -2.31. The fourth-order valence-corrected chi connectivity index (χ4v) is 7.99. The zero-order valence-corrected chi connectivity index (χ0v) is 33.1. The Hall–Kier alpha value is 0.681. The molecule has 1 rings (SSSR count). The minimum absolute atomic E-state index is 0.0232. The number of rotatable bonds is 14. The van der Waals surface area contributed by atoms with Crippen LogP contribution < -0.4 is 0 Å². The average molecular weight is 657 g/mol. The maximum absolute atomic E-state index is 8.85. The molecule has 1 aliphatic rings. The lowest BCUT2D eigenvalue weighted by atomic mass is 10.00. The van der Waals surface area contributed by atoms with Crippen LogP contribution >= 0.6 is 12.0 Å². The molecule has 1 heterocycles. The van der Waals surface area contributed by atoms with Crippen LogP contribution in [-0.4, -0.2) is 73.3 Å². The van der Waals surface area contributed by atoms with Gasteiger partial charge in [0.15, 0.2) is 31.2 Å². The molecule has 6 unspecified atom stereocenters. The first kappa shape index (κ1) is 39.7. The van der Waals surface area contributed by atoms with E-state index in [1.165, 1.54) is 0 Å². The van der Waals surface area contributed by atoms with Crippen molar-refractivity contribution in [3.8, 4) is 0 Å². The summed E-state index contributed by atoms with van der Waals surface area (Å²) in [4.78, 5) is 0. The van der Waals surface area contributed by atoms with Crippen LogP contribution in [0.1, 0.15) is 82.6 Å². The standard InChI is InChI=1S/C29H64O8SSi3/c1-18-21(2)19-31-26-25(35-41(16,17)29(9,10)11)24(34-40(14,15)28(6,7)8)23(22(32-26)20-38-37-36-30)33-39(12,13)27(3,4)5/h21-26,30H,18-20H2,1-17H3. The van der Waals surface area contributed by atoms with E-state index in [-0.39, 0.29) is 15.1 Å². The van der Waals surface area contributed by atoms with Crippen molar-refractivity contribution >= 4 is 37.0 Å². The van der Waals surface area contributed by atoms with Gasteiger partial charge in [-0.3, -0.25) is 0 Å². The van der Waals surface area contributed by atoms with E-state index in [9.17, 15) is 0 Å². The summed E-state index contributed by atoms with van der Waals surface area (Å²) in [5.74, 6) is 0.722. The lowest BCUT2D eigenvalue weighted by Crippen LogP contribution is -2.68. The Morgan fingerprint density at radius 2 is 1.15 bits per heavy atom. The van der Waals surface area contributed by atoms with Crippen molar-refractivity contribution in [3.05, 3.63) is 0 Å². The maximum Gasteiger partial charge on any atom is 0.192 e. The molecule has 1 saturated heterocycles. The summed E-state index contributed by atoms with van der Waals surface area (Å²) in [6.07, 6.45) is -1.41. The molecule has 41 heavy (non-hydrogen) atoms. The number of hydrogen-bond acceptors (Lipinski definition) is 9. The third-order valence-corrected chi connectivity index (χ3v) is 23.9. The van der Waals surface area contributed by atoms with Crippen molar-refractivity contribution in [2.24, 2.45) is 5.92 Å². The predicted octanol–water partition coefficient (Wildman–Crippen LogP) is 9.01. The molecule has 0 aromatic heterocycles. The Morgan fingerprint density at radius 3 is 1.54 bits per heavy atom. The summed E-state index contributed by atoms with van der Waals surface area (Å²) in [5.41, 5.74) is 0. The molecule has 1 N–H and O–H groups in total. The highest BCUT2D eigenvalue weighted by Crippen LogP contribution is 2.46. The summed E-state index contributed by atoms with van der Waals surface area (Å²) >= 11 is 0.978. The summed E-state index contributed by atoms with van der Waals surface area (Å²) in [5, 5.41) is 12.7. The van der Waals surface area contributed by atoms with E-state index in [1.807, 2.05) is 0 Å². The van der Waals surface area contributed by atoms with Gasteiger partial charge in [-0.15, -0.1) is 4.33 Å². The van der Waals surface area contributed by atoms with Crippen LogP contribution in [0, 0.1) is 5.92 Å². The predicted molar refractivity (Wildman–Crippen MR) is 178 cm³/mol. The molecular formula is C29H64O8SSi3. The van der Waals surface area contributed by atoms with E-state index in [2.05, 4.69) is 120 Å². The molecule has 0 bridgehead atoms. The summed E-state index contributed by atoms with van der Waals surface area (Å²) in [7, 11) is -6.90. The van der Waals surface area contributed by atoms with Gasteiger partial charge >= 0.3 is 0 Å². The van der Waals surface area contributed by atoms with Crippen LogP contribution in [0.15, 0.2) is 0 Å². The molecule has 0 amide bonds. The van der Waals surface area contributed by atoms with Crippen LogP contribution in [-0.2, 0) is 32.1 Å². The third-order valence-electron chi connectivity index (χ3n) is 9.85. The van der Waals surface area contributed by atoms with Gasteiger partial charge in [0.05, 0.1) is 24.6 Å². The van der Waals surface area contributed by atoms with E-state index in [0.29, 0.717) is 18.3 Å². The lowest BCUT2D eigenvalue weighted by molar-refractivity contribution is -0.432. The smallest absolute Gasteiger partial charge is 0.192 e. The van der Waals surface area contributed by atoms with Crippen LogP contribution in [0.5, 0.6) is 0 Å². The summed E-state index contributed by atoms with van der Waals surface area (Å²) in [6.45, 7) is 38.7. The van der Waals surface area contributed by atoms with Gasteiger partial charge in [0.1, 0.15) is 12.2 Å². The monoisotopic (exact) mass is 656 g/mol. The van der Waals surface area contributed by atoms with Crippen molar-refractivity contribution in [3.63, 3.8) is 0 Å². The van der Waals surface area contributed by atoms with E-state index in [1.54, 1.807) is 0 Å². The van der Waals surface area contributed by atoms with Crippen LogP contribution in [0.25, 0.3) is 0 Å². The fraction of sp³-hybridized carbons (Fsp3) is 1.00. The van der Waals surface area contributed by atoms with Crippen molar-refractivity contribution < 1.29 is 37.4 Å². The van der Waals surface area contributed by atoms with Gasteiger partial charge in [-0.05, 0) is 60.3 Å². The first-order chi connectivity index (χ1) is 18.3. The van der Waals surface area contributed by atoms with E-state index in [0.717, 1.165) is 18.5 Å². The van der Waals surface area contributed by atoms with Crippen LogP contribution in [0.3, 0.4) is 0 Å². The Bertz CT molecular complexity index is 792. The Morgan fingerprint density at radius 1 is 0.732 bits per heavy atom. The van der Waals surface area contributed by atoms with Gasteiger partial charge in [0.25, 0.3) is 0 Å². The van der Waals surface area contributed by atoms with Gasteiger partial charge in [-0.25, -0.2) is 5.26 Å². The summed E-state index contributed by atoms with van der Waals surface area (Å²) < 4.78 is 39.9. The van der Waals surface area contributed by atoms with Crippen molar-refractivity contribution in [1.29, 1.82) is 0 Å². The average Bonchev–Trinajstić information content (AvgIpc) is 2.78. The molecule has 1 fully saturated rings. The normalized spacial score (nSPS) is 26.3. The van der Waals surface area contributed by atoms with Gasteiger partial charge in [0.2, 0.25) is 0 Å². The third kappa shape index (κ3) is 10.9. The van der Waals surface area contributed by atoms with Crippen molar-refractivity contribution in [1.82, 2.24) is 0 Å². The van der Waals surface area contributed by atoms with Gasteiger partial charge < -0.3 is 22.8 Å². The largest absolute Gasteiger partial charge is 0.409 e. The lowest BCUT2D eigenvalue weighted by Gasteiger charge is -2.54. The molecule has 8 nitrogen and oxygen atoms in total. The minimum Gasteiger partial charge on any atom is -0.409 e. The molecule has 12 heteroatoms. The van der Waals surface area contributed by atoms with E-state index >= 15 is 0 Å². The molecule has 0 aromatic carbocycles. The maximum atomic E-state index is 8.85. The molecule has 0 spiro atoms. The first-order valence-electron chi connectivity index (χ1n) is 15.2. The number of ether oxygens (including phenoxy) is 2.